The highest BCUT2D eigenvalue weighted by atomic mass is 16.5. The van der Waals surface area contributed by atoms with E-state index >= 15 is 0 Å². The number of anilines is 2. The van der Waals surface area contributed by atoms with Crippen LogP contribution in [0.2, 0.25) is 0 Å². The Bertz CT molecular complexity index is 1120. The number of rotatable bonds is 9. The quantitative estimate of drug-likeness (QED) is 0.381. The Morgan fingerprint density at radius 1 is 1.11 bits per heavy atom. The van der Waals surface area contributed by atoms with Gasteiger partial charge in [0.15, 0.2) is 0 Å². The first-order valence-corrected chi connectivity index (χ1v) is 13.4. The monoisotopic (exact) mass is 491 g/mol. The van der Waals surface area contributed by atoms with Crippen LogP contribution in [-0.4, -0.2) is 57.5 Å². The molecule has 2 N–H and O–H groups in total. The lowest BCUT2D eigenvalue weighted by Crippen LogP contribution is -2.36. The van der Waals surface area contributed by atoms with Crippen LogP contribution in [0.3, 0.4) is 0 Å². The zero-order valence-electron chi connectivity index (χ0n) is 21.2. The predicted octanol–water partition coefficient (Wildman–Crippen LogP) is 5.46. The van der Waals surface area contributed by atoms with Gasteiger partial charge in [-0.3, -0.25) is 0 Å². The second-order valence-corrected chi connectivity index (χ2v) is 10.0. The van der Waals surface area contributed by atoms with Gasteiger partial charge in [0.25, 0.3) is 0 Å². The number of aryl methyl sites for hydroxylation is 1. The fourth-order valence-corrected chi connectivity index (χ4v) is 5.33. The highest BCUT2D eigenvalue weighted by Crippen LogP contribution is 2.38. The molecule has 8 nitrogen and oxygen atoms in total. The van der Waals surface area contributed by atoms with E-state index in [1.54, 1.807) is 6.20 Å². The topological polar surface area (TPSA) is 96.5 Å². The molecule has 3 heterocycles. The molecule has 0 unspecified atom stereocenters. The van der Waals surface area contributed by atoms with Crippen LogP contribution in [0.25, 0.3) is 11.3 Å². The first kappa shape index (κ1) is 24.7. The first-order chi connectivity index (χ1) is 17.7. The van der Waals surface area contributed by atoms with Crippen LogP contribution in [0.15, 0.2) is 41.1 Å². The molecular weight excluding hydrogens is 454 g/mol. The fraction of sp³-hybridized carbons (Fsp3) is 0.536. The molecule has 8 heteroatoms. The minimum Gasteiger partial charge on any atom is -0.493 e. The molecule has 2 aliphatic rings. The first-order valence-electron chi connectivity index (χ1n) is 13.4. The van der Waals surface area contributed by atoms with E-state index in [0.29, 0.717) is 18.5 Å². The van der Waals surface area contributed by atoms with Gasteiger partial charge in [0.05, 0.1) is 29.7 Å². The maximum Gasteiger partial charge on any atom is 0.227 e. The van der Waals surface area contributed by atoms with E-state index in [9.17, 15) is 5.11 Å². The van der Waals surface area contributed by atoms with E-state index in [1.807, 2.05) is 37.3 Å². The standard InChI is InChI=1S/C28H37N5O3/c1-20-26(27(32-36-20)21-7-3-2-4-8-21)25-11-14-29-28(31-25)30-22-9-5-10-24(19-22)35-18-6-15-33-16-12-23(34)13-17-33/h5,9-11,14,19,21,23,34H,2-4,6-8,12-13,15-18H2,1H3,(H,29,30,31). The van der Waals surface area contributed by atoms with Crippen molar-refractivity contribution in [1.29, 1.82) is 0 Å². The zero-order chi connectivity index (χ0) is 24.7. The van der Waals surface area contributed by atoms with Crippen LogP contribution >= 0.6 is 0 Å². The average molecular weight is 492 g/mol. The third-order valence-electron chi connectivity index (χ3n) is 7.33. The van der Waals surface area contributed by atoms with Crippen LogP contribution in [-0.2, 0) is 0 Å². The van der Waals surface area contributed by atoms with Crippen molar-refractivity contribution in [2.75, 3.05) is 31.6 Å². The van der Waals surface area contributed by atoms with Crippen molar-refractivity contribution in [2.24, 2.45) is 0 Å². The van der Waals surface area contributed by atoms with Crippen molar-refractivity contribution < 1.29 is 14.4 Å². The van der Waals surface area contributed by atoms with Crippen molar-refractivity contribution in [2.45, 2.75) is 70.3 Å². The van der Waals surface area contributed by atoms with Crippen LogP contribution in [0, 0.1) is 6.92 Å². The zero-order valence-corrected chi connectivity index (χ0v) is 21.2. The van der Waals surface area contributed by atoms with Gasteiger partial charge in [-0.05, 0) is 57.2 Å². The van der Waals surface area contributed by atoms with Crippen molar-refractivity contribution >= 4 is 11.6 Å². The maximum atomic E-state index is 9.65. The van der Waals surface area contributed by atoms with Crippen molar-refractivity contribution in [3.8, 4) is 17.0 Å². The minimum absolute atomic E-state index is 0.128. The lowest BCUT2D eigenvalue weighted by atomic mass is 9.85. The Morgan fingerprint density at radius 3 is 2.78 bits per heavy atom. The number of benzene rings is 1. The summed E-state index contributed by atoms with van der Waals surface area (Å²) in [6.45, 7) is 5.55. The van der Waals surface area contributed by atoms with E-state index in [1.165, 1.54) is 19.3 Å². The SMILES string of the molecule is Cc1onc(C2CCCCC2)c1-c1ccnc(Nc2cccc(OCCCN3CCC(O)CC3)c2)n1. The molecule has 0 atom stereocenters. The van der Waals surface area contributed by atoms with Crippen LogP contribution in [0.1, 0.15) is 68.7 Å². The summed E-state index contributed by atoms with van der Waals surface area (Å²) in [5.74, 6) is 2.59. The smallest absolute Gasteiger partial charge is 0.227 e. The number of aliphatic hydroxyl groups excluding tert-OH is 1. The summed E-state index contributed by atoms with van der Waals surface area (Å²) >= 11 is 0. The summed E-state index contributed by atoms with van der Waals surface area (Å²) in [5, 5.41) is 17.4. The highest BCUT2D eigenvalue weighted by Gasteiger charge is 2.25. The number of nitrogens with zero attached hydrogens (tertiary/aromatic N) is 4. The molecule has 2 aromatic heterocycles. The number of likely N-dealkylation sites (tertiary alicyclic amines) is 1. The van der Waals surface area contributed by atoms with Gasteiger partial charge in [-0.2, -0.15) is 0 Å². The van der Waals surface area contributed by atoms with Crippen LogP contribution in [0.5, 0.6) is 5.75 Å². The van der Waals surface area contributed by atoms with Gasteiger partial charge in [-0.15, -0.1) is 0 Å². The molecule has 0 bridgehead atoms. The molecule has 3 aromatic rings. The maximum absolute atomic E-state index is 9.65. The molecule has 0 amide bonds. The largest absolute Gasteiger partial charge is 0.493 e. The molecule has 2 fully saturated rings. The lowest BCUT2D eigenvalue weighted by molar-refractivity contribution is 0.0800. The fourth-order valence-electron chi connectivity index (χ4n) is 5.33. The Hall–Kier alpha value is -2.97. The van der Waals surface area contributed by atoms with Gasteiger partial charge in [-0.25, -0.2) is 9.97 Å². The second kappa shape index (κ2) is 11.8. The number of ether oxygens (including phenoxy) is 1. The predicted molar refractivity (Wildman–Crippen MR) is 140 cm³/mol. The Balaban J connectivity index is 1.20. The van der Waals surface area contributed by atoms with Crippen molar-refractivity contribution in [1.82, 2.24) is 20.0 Å². The Morgan fingerprint density at radius 2 is 1.94 bits per heavy atom. The summed E-state index contributed by atoms with van der Waals surface area (Å²) in [7, 11) is 0. The minimum atomic E-state index is -0.128. The third-order valence-corrected chi connectivity index (χ3v) is 7.33. The van der Waals surface area contributed by atoms with Gasteiger partial charge in [0, 0.05) is 43.5 Å². The number of hydrogen-bond acceptors (Lipinski definition) is 8. The van der Waals surface area contributed by atoms with Gasteiger partial charge >= 0.3 is 0 Å². The molecule has 1 aliphatic heterocycles. The normalized spacial score (nSPS) is 17.8. The summed E-state index contributed by atoms with van der Waals surface area (Å²) in [6, 6.07) is 9.83. The average Bonchev–Trinajstić information content (AvgIpc) is 3.30. The summed E-state index contributed by atoms with van der Waals surface area (Å²) < 4.78 is 11.6. The molecule has 0 radical (unpaired) electrons. The van der Waals surface area contributed by atoms with Gasteiger partial charge in [0.2, 0.25) is 5.95 Å². The van der Waals surface area contributed by atoms with Gasteiger partial charge < -0.3 is 24.6 Å². The number of nitrogens with one attached hydrogen (secondary N) is 1. The van der Waals surface area contributed by atoms with E-state index in [4.69, 9.17) is 14.2 Å². The van der Waals surface area contributed by atoms with Crippen LogP contribution < -0.4 is 10.1 Å². The molecule has 1 saturated carbocycles. The van der Waals surface area contributed by atoms with Gasteiger partial charge in [-0.1, -0.05) is 30.5 Å². The molecule has 192 valence electrons. The molecule has 5 rings (SSSR count). The highest BCUT2D eigenvalue weighted by molar-refractivity contribution is 5.66. The summed E-state index contributed by atoms with van der Waals surface area (Å²) in [6.07, 6.45) is 10.5. The van der Waals surface area contributed by atoms with Crippen LogP contribution in [0.4, 0.5) is 11.6 Å². The molecular formula is C28H37N5O3. The Kier molecular flexibility index (Phi) is 8.13. The molecule has 0 spiro atoms. The van der Waals surface area contributed by atoms with E-state index in [-0.39, 0.29) is 6.10 Å². The molecule has 1 saturated heterocycles. The number of hydrogen-bond donors (Lipinski definition) is 2. The number of piperidine rings is 1. The molecule has 1 aromatic carbocycles. The third kappa shape index (κ3) is 6.23. The van der Waals surface area contributed by atoms with Crippen molar-refractivity contribution in [3.05, 3.63) is 48.0 Å². The van der Waals surface area contributed by atoms with E-state index in [2.05, 4.69) is 20.4 Å². The van der Waals surface area contributed by atoms with Crippen molar-refractivity contribution in [3.63, 3.8) is 0 Å². The summed E-state index contributed by atoms with van der Waals surface area (Å²) in [5.41, 5.74) is 3.76. The molecule has 36 heavy (non-hydrogen) atoms. The number of aliphatic hydroxyl groups is 1. The van der Waals surface area contributed by atoms with E-state index in [0.717, 1.165) is 85.9 Å². The molecule has 1 aliphatic carbocycles. The second-order valence-electron chi connectivity index (χ2n) is 10.0. The lowest BCUT2D eigenvalue weighted by Gasteiger charge is -2.29. The summed E-state index contributed by atoms with van der Waals surface area (Å²) in [4.78, 5) is 11.6. The Labute approximate surface area is 213 Å². The number of aromatic nitrogens is 3. The van der Waals surface area contributed by atoms with E-state index < -0.39 is 0 Å². The van der Waals surface area contributed by atoms with Gasteiger partial charge in [0.1, 0.15) is 11.5 Å².